The summed E-state index contributed by atoms with van der Waals surface area (Å²) in [6, 6.07) is 2.31. The molecular formula is C14H16N6O. The molecule has 21 heavy (non-hydrogen) atoms. The van der Waals surface area contributed by atoms with Gasteiger partial charge in [0.2, 0.25) is 5.95 Å². The number of anilines is 2. The van der Waals surface area contributed by atoms with Crippen LogP contribution in [0.25, 0.3) is 10.9 Å². The molecule has 0 aliphatic heterocycles. The molecule has 1 fully saturated rings. The van der Waals surface area contributed by atoms with Gasteiger partial charge in [0.1, 0.15) is 11.9 Å². The fraction of sp³-hybridized carbons (Fsp3) is 0.429. The summed E-state index contributed by atoms with van der Waals surface area (Å²) in [6.45, 7) is 0. The summed E-state index contributed by atoms with van der Waals surface area (Å²) < 4.78 is 0. The van der Waals surface area contributed by atoms with Crippen LogP contribution in [0.4, 0.5) is 11.8 Å². The minimum absolute atomic E-state index is 0.198. The van der Waals surface area contributed by atoms with Gasteiger partial charge in [-0.1, -0.05) is 0 Å². The second-order valence-electron chi connectivity index (χ2n) is 5.27. The molecule has 0 spiro atoms. The smallest absolute Gasteiger partial charge is 0.223 e. The van der Waals surface area contributed by atoms with E-state index in [2.05, 4.69) is 26.3 Å². The quantitative estimate of drug-likeness (QED) is 0.757. The van der Waals surface area contributed by atoms with E-state index in [9.17, 15) is 5.11 Å². The normalized spacial score (nSPS) is 21.9. The van der Waals surface area contributed by atoms with Crippen molar-refractivity contribution in [1.29, 1.82) is 5.26 Å². The molecule has 108 valence electrons. The molecule has 7 heteroatoms. The van der Waals surface area contributed by atoms with Gasteiger partial charge in [-0.25, -0.2) is 15.0 Å². The number of hydrogen-bond acceptors (Lipinski definition) is 7. The summed E-state index contributed by atoms with van der Waals surface area (Å²) in [5, 5.41) is 22.5. The minimum atomic E-state index is -0.198. The van der Waals surface area contributed by atoms with Gasteiger partial charge >= 0.3 is 0 Å². The predicted octanol–water partition coefficient (Wildman–Crippen LogP) is 1.19. The van der Waals surface area contributed by atoms with Crippen molar-refractivity contribution in [3.05, 3.63) is 18.0 Å². The van der Waals surface area contributed by atoms with Crippen molar-refractivity contribution in [1.82, 2.24) is 15.0 Å². The second-order valence-corrected chi connectivity index (χ2v) is 5.27. The largest absolute Gasteiger partial charge is 0.393 e. The first-order valence-corrected chi connectivity index (χ1v) is 6.93. The van der Waals surface area contributed by atoms with E-state index in [-0.39, 0.29) is 12.1 Å². The first-order chi connectivity index (χ1) is 10.2. The highest BCUT2D eigenvalue weighted by atomic mass is 16.3. The minimum Gasteiger partial charge on any atom is -0.393 e. The number of pyridine rings is 1. The van der Waals surface area contributed by atoms with Crippen molar-refractivity contribution < 1.29 is 5.11 Å². The van der Waals surface area contributed by atoms with Gasteiger partial charge in [0.15, 0.2) is 0 Å². The number of nitrogens with one attached hydrogen (secondary N) is 1. The van der Waals surface area contributed by atoms with Crippen LogP contribution in [-0.2, 0) is 0 Å². The monoisotopic (exact) mass is 284 g/mol. The molecule has 0 unspecified atom stereocenters. The van der Waals surface area contributed by atoms with E-state index in [1.807, 2.05) is 0 Å². The Bertz CT molecular complexity index is 702. The molecule has 0 saturated heterocycles. The number of nitriles is 1. The Morgan fingerprint density at radius 2 is 2.00 bits per heavy atom. The summed E-state index contributed by atoms with van der Waals surface area (Å²) >= 11 is 0. The van der Waals surface area contributed by atoms with Gasteiger partial charge in [-0.2, -0.15) is 5.26 Å². The van der Waals surface area contributed by atoms with Crippen LogP contribution in [0.1, 0.15) is 31.2 Å². The van der Waals surface area contributed by atoms with Crippen LogP contribution in [0.2, 0.25) is 0 Å². The molecule has 1 saturated carbocycles. The third kappa shape index (κ3) is 2.71. The van der Waals surface area contributed by atoms with Gasteiger partial charge in [0.05, 0.1) is 22.6 Å². The van der Waals surface area contributed by atoms with Crippen molar-refractivity contribution in [2.75, 3.05) is 11.1 Å². The lowest BCUT2D eigenvalue weighted by molar-refractivity contribution is 0.126. The number of fused-ring (bicyclic) bond motifs is 1. The zero-order chi connectivity index (χ0) is 14.8. The van der Waals surface area contributed by atoms with Crippen LogP contribution in [0.5, 0.6) is 0 Å². The Balaban J connectivity index is 1.89. The highest BCUT2D eigenvalue weighted by molar-refractivity contribution is 5.91. The lowest BCUT2D eigenvalue weighted by Gasteiger charge is -2.26. The fourth-order valence-electron chi connectivity index (χ4n) is 2.59. The molecule has 7 nitrogen and oxygen atoms in total. The van der Waals surface area contributed by atoms with Crippen LogP contribution < -0.4 is 11.1 Å². The molecule has 0 amide bonds. The number of nitrogen functional groups attached to an aromatic ring is 1. The molecule has 1 aliphatic carbocycles. The lowest BCUT2D eigenvalue weighted by Crippen LogP contribution is -2.28. The highest BCUT2D eigenvalue weighted by Crippen LogP contribution is 2.23. The standard InChI is InChI=1S/C14H16N6O/c15-5-8-6-17-13(16)11-7-18-14(20-12(8)11)19-9-1-3-10(21)4-2-9/h6-7,9-10,21H,1-4H2,(H2,16,17)(H,18,19,20). The number of aliphatic hydroxyl groups excluding tert-OH is 1. The Morgan fingerprint density at radius 1 is 1.24 bits per heavy atom. The number of hydrogen-bond donors (Lipinski definition) is 3. The van der Waals surface area contributed by atoms with Gasteiger partial charge in [-0.15, -0.1) is 0 Å². The van der Waals surface area contributed by atoms with E-state index in [0.717, 1.165) is 25.7 Å². The topological polar surface area (TPSA) is 121 Å². The van der Waals surface area contributed by atoms with Crippen molar-refractivity contribution in [2.24, 2.45) is 0 Å². The molecule has 0 radical (unpaired) electrons. The van der Waals surface area contributed by atoms with Crippen LogP contribution in [0, 0.1) is 11.3 Å². The maximum Gasteiger partial charge on any atom is 0.223 e. The summed E-state index contributed by atoms with van der Waals surface area (Å²) in [5.74, 6) is 0.794. The fourth-order valence-corrected chi connectivity index (χ4v) is 2.59. The van der Waals surface area contributed by atoms with Crippen LogP contribution in [-0.4, -0.2) is 32.2 Å². The molecular weight excluding hydrogens is 268 g/mol. The Morgan fingerprint density at radius 3 is 2.71 bits per heavy atom. The highest BCUT2D eigenvalue weighted by Gasteiger charge is 2.20. The molecule has 2 aromatic rings. The zero-order valence-corrected chi connectivity index (χ0v) is 11.5. The Hall–Kier alpha value is -2.46. The number of aromatic nitrogens is 3. The van der Waals surface area contributed by atoms with Gasteiger partial charge in [-0.3, -0.25) is 0 Å². The SMILES string of the molecule is N#Cc1cnc(N)c2cnc(NC3CCC(O)CC3)nc12. The predicted molar refractivity (Wildman–Crippen MR) is 78.3 cm³/mol. The summed E-state index contributed by atoms with van der Waals surface area (Å²) in [6.07, 6.45) is 6.14. The van der Waals surface area contributed by atoms with E-state index in [4.69, 9.17) is 11.0 Å². The van der Waals surface area contributed by atoms with Gasteiger partial charge in [-0.05, 0) is 25.7 Å². The van der Waals surface area contributed by atoms with Crippen molar-refractivity contribution >= 4 is 22.7 Å². The van der Waals surface area contributed by atoms with Crippen LogP contribution in [0.15, 0.2) is 12.4 Å². The Labute approximate surface area is 121 Å². The van der Waals surface area contributed by atoms with E-state index in [1.54, 1.807) is 6.20 Å². The molecule has 0 aromatic carbocycles. The summed E-state index contributed by atoms with van der Waals surface area (Å²) in [7, 11) is 0. The van der Waals surface area contributed by atoms with Gasteiger partial charge in [0, 0.05) is 18.4 Å². The average molecular weight is 284 g/mol. The second kappa shape index (κ2) is 5.50. The first-order valence-electron chi connectivity index (χ1n) is 6.93. The molecule has 3 rings (SSSR count). The van der Waals surface area contributed by atoms with E-state index < -0.39 is 0 Å². The molecule has 0 atom stereocenters. The van der Waals surface area contributed by atoms with Gasteiger partial charge in [0.25, 0.3) is 0 Å². The summed E-state index contributed by atoms with van der Waals surface area (Å²) in [4.78, 5) is 12.6. The molecule has 2 heterocycles. The van der Waals surface area contributed by atoms with E-state index >= 15 is 0 Å². The number of aliphatic hydroxyl groups is 1. The van der Waals surface area contributed by atoms with Crippen LogP contribution in [0.3, 0.4) is 0 Å². The van der Waals surface area contributed by atoms with E-state index in [0.29, 0.717) is 28.2 Å². The Kier molecular flexibility index (Phi) is 3.54. The maximum atomic E-state index is 9.52. The maximum absolute atomic E-state index is 9.52. The number of nitrogens with two attached hydrogens (primary N) is 1. The molecule has 2 aromatic heterocycles. The van der Waals surface area contributed by atoms with Crippen molar-refractivity contribution in [3.8, 4) is 6.07 Å². The van der Waals surface area contributed by atoms with Crippen molar-refractivity contribution in [2.45, 2.75) is 37.8 Å². The van der Waals surface area contributed by atoms with E-state index in [1.165, 1.54) is 6.20 Å². The lowest BCUT2D eigenvalue weighted by atomic mass is 9.93. The van der Waals surface area contributed by atoms with Gasteiger partial charge < -0.3 is 16.2 Å². The molecule has 0 bridgehead atoms. The van der Waals surface area contributed by atoms with Crippen LogP contribution >= 0.6 is 0 Å². The third-order valence-electron chi connectivity index (χ3n) is 3.80. The average Bonchev–Trinajstić information content (AvgIpc) is 2.50. The summed E-state index contributed by atoms with van der Waals surface area (Å²) in [5.41, 5.74) is 6.67. The number of rotatable bonds is 2. The molecule has 1 aliphatic rings. The first kappa shape index (κ1) is 13.5. The number of nitrogens with zero attached hydrogens (tertiary/aromatic N) is 4. The molecule has 4 N–H and O–H groups in total. The van der Waals surface area contributed by atoms with Crippen molar-refractivity contribution in [3.63, 3.8) is 0 Å². The third-order valence-corrected chi connectivity index (χ3v) is 3.80. The zero-order valence-electron chi connectivity index (χ0n) is 11.5.